The number of hydrogen-bond donors (Lipinski definition) is 2. The first kappa shape index (κ1) is 20.1. The molecule has 0 bridgehead atoms. The van der Waals surface area contributed by atoms with E-state index in [1.807, 2.05) is 0 Å². The topological polar surface area (TPSA) is 102 Å². The minimum Gasteiger partial charge on any atom is -0.497 e. The number of nitrogens with one attached hydrogen (secondary N) is 1. The normalized spacial score (nSPS) is 25.1. The minimum atomic E-state index is -3.54. The van der Waals surface area contributed by atoms with Gasteiger partial charge in [-0.3, -0.25) is 4.79 Å². The van der Waals surface area contributed by atoms with Gasteiger partial charge in [-0.25, -0.2) is 8.42 Å². The van der Waals surface area contributed by atoms with Crippen molar-refractivity contribution >= 4 is 15.9 Å². The molecule has 1 aliphatic carbocycles. The number of sulfonamides is 1. The molecule has 27 heavy (non-hydrogen) atoms. The van der Waals surface area contributed by atoms with Gasteiger partial charge in [0.15, 0.2) is 0 Å². The molecule has 1 aromatic rings. The van der Waals surface area contributed by atoms with Crippen molar-refractivity contribution in [1.82, 2.24) is 9.62 Å². The Hall–Kier alpha value is -1.64. The molecular weight excluding hydrogens is 366 g/mol. The van der Waals surface area contributed by atoms with Gasteiger partial charge in [0.05, 0.1) is 12.0 Å². The van der Waals surface area contributed by atoms with Gasteiger partial charge in [0.1, 0.15) is 5.75 Å². The predicted octanol–water partition coefficient (Wildman–Crippen LogP) is 1.48. The van der Waals surface area contributed by atoms with E-state index in [0.717, 1.165) is 25.7 Å². The van der Waals surface area contributed by atoms with E-state index in [1.165, 1.54) is 4.31 Å². The molecule has 3 N–H and O–H groups in total. The van der Waals surface area contributed by atoms with Gasteiger partial charge in [-0.2, -0.15) is 4.31 Å². The molecule has 1 aliphatic heterocycles. The summed E-state index contributed by atoms with van der Waals surface area (Å²) in [5.74, 6) is 0.549. The fraction of sp³-hybridized carbons (Fsp3) is 0.632. The van der Waals surface area contributed by atoms with E-state index in [9.17, 15) is 13.2 Å². The van der Waals surface area contributed by atoms with Gasteiger partial charge in [-0.1, -0.05) is 0 Å². The molecule has 0 radical (unpaired) electrons. The second-order valence-electron chi connectivity index (χ2n) is 7.47. The average molecular weight is 396 g/mol. The molecule has 7 nitrogen and oxygen atoms in total. The summed E-state index contributed by atoms with van der Waals surface area (Å²) in [6.07, 6.45) is 4.85. The van der Waals surface area contributed by atoms with Crippen molar-refractivity contribution in [2.75, 3.05) is 20.2 Å². The lowest BCUT2D eigenvalue weighted by molar-refractivity contribution is -0.127. The first-order valence-corrected chi connectivity index (χ1v) is 11.0. The number of methoxy groups -OCH3 is 1. The van der Waals surface area contributed by atoms with Crippen LogP contribution >= 0.6 is 0 Å². The number of ether oxygens (including phenoxy) is 1. The van der Waals surface area contributed by atoms with Crippen molar-refractivity contribution in [2.45, 2.75) is 55.5 Å². The summed E-state index contributed by atoms with van der Waals surface area (Å²) in [5, 5.41) is 3.13. The Morgan fingerprint density at radius 3 is 2.22 bits per heavy atom. The first-order chi connectivity index (χ1) is 12.9. The number of benzene rings is 1. The van der Waals surface area contributed by atoms with Crippen molar-refractivity contribution in [2.24, 2.45) is 11.7 Å². The van der Waals surface area contributed by atoms with E-state index in [1.54, 1.807) is 31.4 Å². The van der Waals surface area contributed by atoms with Crippen LogP contribution in [0.5, 0.6) is 5.75 Å². The zero-order valence-electron chi connectivity index (χ0n) is 15.8. The second kappa shape index (κ2) is 8.58. The molecule has 1 aromatic carbocycles. The number of nitrogens with zero attached hydrogens (tertiary/aromatic N) is 1. The minimum absolute atomic E-state index is 0.0527. The van der Waals surface area contributed by atoms with Crippen LogP contribution in [0.25, 0.3) is 0 Å². The first-order valence-electron chi connectivity index (χ1n) is 9.60. The van der Waals surface area contributed by atoms with Gasteiger partial charge < -0.3 is 15.8 Å². The van der Waals surface area contributed by atoms with Gasteiger partial charge in [0.2, 0.25) is 15.9 Å². The molecule has 0 spiro atoms. The fourth-order valence-corrected chi connectivity index (χ4v) is 5.31. The number of carbonyl (C=O) groups is 1. The molecule has 0 unspecified atom stereocenters. The molecule has 3 rings (SSSR count). The smallest absolute Gasteiger partial charge is 0.243 e. The third-order valence-corrected chi connectivity index (χ3v) is 7.55. The number of nitrogens with two attached hydrogens (primary N) is 1. The maximum absolute atomic E-state index is 12.8. The Kier molecular flexibility index (Phi) is 6.39. The monoisotopic (exact) mass is 395 g/mol. The number of rotatable bonds is 5. The van der Waals surface area contributed by atoms with Gasteiger partial charge in [0.25, 0.3) is 0 Å². The molecule has 2 aliphatic rings. The van der Waals surface area contributed by atoms with Crippen LogP contribution in [0.2, 0.25) is 0 Å². The molecule has 1 saturated carbocycles. The van der Waals surface area contributed by atoms with Gasteiger partial charge in [-0.15, -0.1) is 0 Å². The van der Waals surface area contributed by atoms with E-state index < -0.39 is 10.0 Å². The summed E-state index contributed by atoms with van der Waals surface area (Å²) in [7, 11) is -1.99. The highest BCUT2D eigenvalue weighted by molar-refractivity contribution is 7.89. The molecular formula is C19H29N3O4S. The number of amides is 1. The highest BCUT2D eigenvalue weighted by Gasteiger charge is 2.33. The molecule has 0 aromatic heterocycles. The standard InChI is InChI=1S/C19H29N3O4S/c1-26-17-6-8-18(9-7-17)27(24,25)22-12-10-14(11-13-22)19(23)21-16-4-2-15(20)3-5-16/h6-9,14-16H,2-5,10-13,20H2,1H3,(H,21,23). The van der Waals surface area contributed by atoms with Crippen LogP contribution in [0.3, 0.4) is 0 Å². The molecule has 1 saturated heterocycles. The van der Waals surface area contributed by atoms with Crippen LogP contribution in [0, 0.1) is 5.92 Å². The quantitative estimate of drug-likeness (QED) is 0.786. The molecule has 1 heterocycles. The fourth-order valence-electron chi connectivity index (χ4n) is 3.84. The van der Waals surface area contributed by atoms with Crippen LogP contribution in [-0.4, -0.2) is 50.9 Å². The van der Waals surface area contributed by atoms with Crippen molar-refractivity contribution in [3.8, 4) is 5.75 Å². The highest BCUT2D eigenvalue weighted by atomic mass is 32.2. The summed E-state index contributed by atoms with van der Waals surface area (Å²) in [4.78, 5) is 12.8. The Bertz CT molecular complexity index is 735. The largest absolute Gasteiger partial charge is 0.497 e. The van der Waals surface area contributed by atoms with E-state index in [0.29, 0.717) is 31.7 Å². The summed E-state index contributed by atoms with van der Waals surface area (Å²) in [6.45, 7) is 0.726. The van der Waals surface area contributed by atoms with Crippen molar-refractivity contribution in [3.63, 3.8) is 0 Å². The number of carbonyl (C=O) groups excluding carboxylic acids is 1. The third-order valence-electron chi connectivity index (χ3n) is 5.64. The SMILES string of the molecule is COc1ccc(S(=O)(=O)N2CCC(C(=O)NC3CCC(N)CC3)CC2)cc1. The van der Waals surface area contributed by atoms with E-state index in [2.05, 4.69) is 5.32 Å². The maximum atomic E-state index is 12.8. The van der Waals surface area contributed by atoms with Crippen LogP contribution in [0.4, 0.5) is 0 Å². The van der Waals surface area contributed by atoms with Crippen LogP contribution in [0.15, 0.2) is 29.2 Å². The van der Waals surface area contributed by atoms with Crippen molar-refractivity contribution in [1.29, 1.82) is 0 Å². The van der Waals surface area contributed by atoms with Crippen LogP contribution in [-0.2, 0) is 14.8 Å². The summed E-state index contributed by atoms with van der Waals surface area (Å²) >= 11 is 0. The summed E-state index contributed by atoms with van der Waals surface area (Å²) in [5.41, 5.74) is 5.91. The highest BCUT2D eigenvalue weighted by Crippen LogP contribution is 2.26. The predicted molar refractivity (Wildman–Crippen MR) is 103 cm³/mol. The summed E-state index contributed by atoms with van der Waals surface area (Å²) in [6, 6.07) is 6.86. The van der Waals surface area contributed by atoms with Crippen LogP contribution in [0.1, 0.15) is 38.5 Å². The molecule has 1 amide bonds. The third kappa shape index (κ3) is 4.80. The van der Waals surface area contributed by atoms with Gasteiger partial charge >= 0.3 is 0 Å². The molecule has 150 valence electrons. The molecule has 2 fully saturated rings. The summed E-state index contributed by atoms with van der Waals surface area (Å²) < 4.78 is 32.1. The average Bonchev–Trinajstić information content (AvgIpc) is 2.70. The van der Waals surface area contributed by atoms with E-state index >= 15 is 0 Å². The Morgan fingerprint density at radius 1 is 1.07 bits per heavy atom. The van der Waals surface area contributed by atoms with Gasteiger partial charge in [0, 0.05) is 31.1 Å². The second-order valence-corrected chi connectivity index (χ2v) is 9.41. The number of hydrogen-bond acceptors (Lipinski definition) is 5. The Labute approximate surface area is 161 Å². The van der Waals surface area contributed by atoms with Gasteiger partial charge in [-0.05, 0) is 62.8 Å². The lowest BCUT2D eigenvalue weighted by Gasteiger charge is -2.32. The zero-order valence-corrected chi connectivity index (χ0v) is 16.6. The zero-order chi connectivity index (χ0) is 19.4. The number of piperidine rings is 1. The van der Waals surface area contributed by atoms with E-state index in [-0.39, 0.29) is 28.8 Å². The van der Waals surface area contributed by atoms with Crippen molar-refractivity contribution in [3.05, 3.63) is 24.3 Å². The molecule has 0 atom stereocenters. The Morgan fingerprint density at radius 2 is 1.67 bits per heavy atom. The Balaban J connectivity index is 1.53. The van der Waals surface area contributed by atoms with E-state index in [4.69, 9.17) is 10.5 Å². The molecule has 8 heteroatoms. The lowest BCUT2D eigenvalue weighted by atomic mass is 9.90. The lowest BCUT2D eigenvalue weighted by Crippen LogP contribution is -2.46. The van der Waals surface area contributed by atoms with Crippen molar-refractivity contribution < 1.29 is 17.9 Å². The van der Waals surface area contributed by atoms with Crippen LogP contribution < -0.4 is 15.8 Å². The maximum Gasteiger partial charge on any atom is 0.243 e.